The van der Waals surface area contributed by atoms with Gasteiger partial charge < -0.3 is 10.5 Å². The van der Waals surface area contributed by atoms with Crippen molar-refractivity contribution >= 4 is 26.7 Å². The van der Waals surface area contributed by atoms with Crippen LogP contribution in [0.3, 0.4) is 0 Å². The summed E-state index contributed by atoms with van der Waals surface area (Å²) in [4.78, 5) is 4.11. The van der Waals surface area contributed by atoms with Crippen LogP contribution < -0.4 is 10.5 Å². The smallest absolute Gasteiger partial charge is 0.127 e. The summed E-state index contributed by atoms with van der Waals surface area (Å²) in [6, 6.07) is 5.89. The topological polar surface area (TPSA) is 48.1 Å². The maximum absolute atomic E-state index is 5.69. The van der Waals surface area contributed by atoms with Crippen LogP contribution in [0.4, 0.5) is 0 Å². The molecule has 0 saturated carbocycles. The predicted octanol–water partition coefficient (Wildman–Crippen LogP) is 2.72. The van der Waals surface area contributed by atoms with Crippen molar-refractivity contribution in [3.63, 3.8) is 0 Å². The van der Waals surface area contributed by atoms with E-state index in [1.165, 1.54) is 0 Å². The summed E-state index contributed by atoms with van der Waals surface area (Å²) in [5, 5.41) is 2.13. The summed E-state index contributed by atoms with van der Waals surface area (Å²) >= 11 is 3.50. The van der Waals surface area contributed by atoms with Crippen molar-refractivity contribution in [1.82, 2.24) is 4.98 Å². The van der Waals surface area contributed by atoms with Crippen LogP contribution in [0, 0.1) is 0 Å². The van der Waals surface area contributed by atoms with Crippen LogP contribution in [0.5, 0.6) is 5.75 Å². The van der Waals surface area contributed by atoms with Crippen LogP contribution in [0.25, 0.3) is 10.8 Å². The Kier molecular flexibility index (Phi) is 3.74. The monoisotopic (exact) mass is 280 g/mol. The minimum absolute atomic E-state index is 0.648. The van der Waals surface area contributed by atoms with E-state index in [0.29, 0.717) is 13.2 Å². The maximum atomic E-state index is 5.69. The molecule has 2 rings (SSSR count). The summed E-state index contributed by atoms with van der Waals surface area (Å²) < 4.78 is 6.72. The second-order valence-corrected chi connectivity index (χ2v) is 4.31. The third-order valence-corrected chi connectivity index (χ3v) is 3.02. The Morgan fingerprint density at radius 3 is 2.94 bits per heavy atom. The highest BCUT2D eigenvalue weighted by atomic mass is 79.9. The van der Waals surface area contributed by atoms with Gasteiger partial charge in [-0.2, -0.15) is 0 Å². The Balaban J connectivity index is 2.35. The van der Waals surface area contributed by atoms with Crippen molar-refractivity contribution in [1.29, 1.82) is 0 Å². The minimum atomic E-state index is 0.648. The molecule has 4 heteroatoms. The number of aromatic nitrogens is 1. The van der Waals surface area contributed by atoms with Gasteiger partial charge in [-0.05, 0) is 31.2 Å². The van der Waals surface area contributed by atoms with Crippen molar-refractivity contribution in [2.75, 3.05) is 13.2 Å². The lowest BCUT2D eigenvalue weighted by Gasteiger charge is -2.09. The second-order valence-electron chi connectivity index (χ2n) is 3.46. The second kappa shape index (κ2) is 5.27. The minimum Gasteiger partial charge on any atom is -0.493 e. The van der Waals surface area contributed by atoms with Crippen LogP contribution in [-0.4, -0.2) is 18.1 Å². The molecule has 0 bridgehead atoms. The lowest BCUT2D eigenvalue weighted by Crippen LogP contribution is -2.06. The number of fused-ring (bicyclic) bond motifs is 1. The van der Waals surface area contributed by atoms with Crippen LogP contribution >= 0.6 is 15.9 Å². The van der Waals surface area contributed by atoms with E-state index >= 15 is 0 Å². The molecule has 2 N–H and O–H groups in total. The molecule has 0 spiro atoms. The third-order valence-electron chi connectivity index (χ3n) is 2.33. The van der Waals surface area contributed by atoms with Gasteiger partial charge in [0.25, 0.3) is 0 Å². The van der Waals surface area contributed by atoms with Gasteiger partial charge in [-0.1, -0.05) is 15.9 Å². The van der Waals surface area contributed by atoms with Crippen molar-refractivity contribution in [2.24, 2.45) is 5.73 Å². The summed E-state index contributed by atoms with van der Waals surface area (Å²) in [6.45, 7) is 1.30. The zero-order valence-corrected chi connectivity index (χ0v) is 10.4. The van der Waals surface area contributed by atoms with Gasteiger partial charge in [0.2, 0.25) is 0 Å². The van der Waals surface area contributed by atoms with Crippen molar-refractivity contribution in [3.8, 4) is 5.75 Å². The molecule has 0 unspecified atom stereocenters. The largest absolute Gasteiger partial charge is 0.493 e. The van der Waals surface area contributed by atoms with E-state index in [9.17, 15) is 0 Å². The van der Waals surface area contributed by atoms with E-state index in [1.807, 2.05) is 24.4 Å². The van der Waals surface area contributed by atoms with Crippen LogP contribution in [0.1, 0.15) is 6.42 Å². The Bertz CT molecular complexity index is 487. The van der Waals surface area contributed by atoms with Gasteiger partial charge in [0.1, 0.15) is 5.75 Å². The first kappa shape index (κ1) is 11.4. The highest BCUT2D eigenvalue weighted by molar-refractivity contribution is 9.10. The lowest BCUT2D eigenvalue weighted by molar-refractivity contribution is 0.317. The molecular formula is C12H13BrN2O. The SMILES string of the molecule is NCCCOc1ccc(Br)c2cnccc12. The van der Waals surface area contributed by atoms with Crippen molar-refractivity contribution < 1.29 is 4.74 Å². The molecular weight excluding hydrogens is 268 g/mol. The molecule has 0 aliphatic heterocycles. The molecule has 0 radical (unpaired) electrons. The molecule has 0 fully saturated rings. The molecule has 0 aliphatic rings. The molecule has 1 heterocycles. The van der Waals surface area contributed by atoms with Crippen LogP contribution in [-0.2, 0) is 0 Å². The van der Waals surface area contributed by atoms with Gasteiger partial charge >= 0.3 is 0 Å². The van der Waals surface area contributed by atoms with Gasteiger partial charge in [-0.15, -0.1) is 0 Å². The normalized spacial score (nSPS) is 10.6. The van der Waals surface area contributed by atoms with Crippen LogP contribution in [0.2, 0.25) is 0 Å². The zero-order chi connectivity index (χ0) is 11.4. The lowest BCUT2D eigenvalue weighted by atomic mass is 10.1. The quantitative estimate of drug-likeness (QED) is 0.876. The summed E-state index contributed by atoms with van der Waals surface area (Å²) in [5.74, 6) is 0.883. The fourth-order valence-corrected chi connectivity index (χ4v) is 1.97. The highest BCUT2D eigenvalue weighted by Crippen LogP contribution is 2.30. The predicted molar refractivity (Wildman–Crippen MR) is 68.6 cm³/mol. The first-order valence-electron chi connectivity index (χ1n) is 5.18. The van der Waals surface area contributed by atoms with E-state index in [0.717, 1.165) is 27.4 Å². The molecule has 0 saturated heterocycles. The van der Waals surface area contributed by atoms with Gasteiger partial charge in [-0.3, -0.25) is 4.98 Å². The Hall–Kier alpha value is -1.13. The van der Waals surface area contributed by atoms with E-state index in [1.54, 1.807) is 6.20 Å². The van der Waals surface area contributed by atoms with Crippen molar-refractivity contribution in [3.05, 3.63) is 35.1 Å². The Labute approximate surface area is 103 Å². The number of halogens is 1. The molecule has 0 amide bonds. The van der Waals surface area contributed by atoms with Gasteiger partial charge in [0.05, 0.1) is 6.61 Å². The average Bonchev–Trinajstić information content (AvgIpc) is 2.33. The number of hydrogen-bond acceptors (Lipinski definition) is 3. The number of pyridine rings is 1. The summed E-state index contributed by atoms with van der Waals surface area (Å²) in [6.07, 6.45) is 4.46. The average molecular weight is 281 g/mol. The van der Waals surface area contributed by atoms with E-state index in [-0.39, 0.29) is 0 Å². The van der Waals surface area contributed by atoms with Crippen molar-refractivity contribution in [2.45, 2.75) is 6.42 Å². The maximum Gasteiger partial charge on any atom is 0.127 e. The highest BCUT2D eigenvalue weighted by Gasteiger charge is 2.04. The fourth-order valence-electron chi connectivity index (χ4n) is 1.52. The number of rotatable bonds is 4. The number of hydrogen-bond donors (Lipinski definition) is 1. The zero-order valence-electron chi connectivity index (χ0n) is 8.82. The number of nitrogens with zero attached hydrogens (tertiary/aromatic N) is 1. The van der Waals surface area contributed by atoms with Gasteiger partial charge in [0.15, 0.2) is 0 Å². The summed E-state index contributed by atoms with van der Waals surface area (Å²) in [5.41, 5.74) is 5.43. The summed E-state index contributed by atoms with van der Waals surface area (Å²) in [7, 11) is 0. The van der Waals surface area contributed by atoms with Gasteiger partial charge in [-0.25, -0.2) is 0 Å². The fraction of sp³-hybridized carbons (Fsp3) is 0.250. The van der Waals surface area contributed by atoms with Crippen LogP contribution in [0.15, 0.2) is 35.1 Å². The van der Waals surface area contributed by atoms with Gasteiger partial charge in [0, 0.05) is 27.6 Å². The molecule has 2 aromatic rings. The van der Waals surface area contributed by atoms with E-state index < -0.39 is 0 Å². The number of ether oxygens (including phenoxy) is 1. The standard InChI is InChI=1S/C12H13BrN2O/c13-11-2-3-12(16-7-1-5-14)9-4-6-15-8-10(9)11/h2-4,6,8H,1,5,7,14H2. The first-order chi connectivity index (χ1) is 7.83. The molecule has 0 atom stereocenters. The molecule has 1 aromatic carbocycles. The molecule has 1 aromatic heterocycles. The van der Waals surface area contributed by atoms with E-state index in [2.05, 4.69) is 20.9 Å². The molecule has 84 valence electrons. The number of benzene rings is 1. The molecule has 0 aliphatic carbocycles. The Morgan fingerprint density at radius 1 is 1.25 bits per heavy atom. The van der Waals surface area contributed by atoms with E-state index in [4.69, 9.17) is 10.5 Å². The number of nitrogens with two attached hydrogens (primary N) is 1. The molecule has 16 heavy (non-hydrogen) atoms. The Morgan fingerprint density at radius 2 is 2.12 bits per heavy atom. The third kappa shape index (κ3) is 2.33. The molecule has 3 nitrogen and oxygen atoms in total. The first-order valence-corrected chi connectivity index (χ1v) is 5.97.